The number of hydrogen-bond donors (Lipinski definition) is 2. The number of anilines is 1. The van der Waals surface area contributed by atoms with Crippen LogP contribution in [0, 0.1) is 11.6 Å². The van der Waals surface area contributed by atoms with E-state index in [4.69, 9.17) is 4.98 Å². The van der Waals surface area contributed by atoms with Gasteiger partial charge in [0.25, 0.3) is 0 Å². The summed E-state index contributed by atoms with van der Waals surface area (Å²) < 4.78 is 27.5. The van der Waals surface area contributed by atoms with Crippen molar-refractivity contribution in [1.29, 1.82) is 0 Å². The Kier molecular flexibility index (Phi) is 10.0. The first-order chi connectivity index (χ1) is 20.6. The molecule has 5 rings (SSSR count). The van der Waals surface area contributed by atoms with Crippen LogP contribution in [0.15, 0.2) is 114 Å². The number of imidazole rings is 1. The van der Waals surface area contributed by atoms with Gasteiger partial charge in [-0.1, -0.05) is 109 Å². The maximum atomic E-state index is 14.2. The molecule has 0 unspecified atom stereocenters. The Labute approximate surface area is 249 Å². The molecule has 0 saturated carbocycles. The predicted octanol–water partition coefficient (Wildman–Crippen LogP) is 9.02. The average molecular weight is 583 g/mol. The van der Waals surface area contributed by atoms with Gasteiger partial charge in [-0.25, -0.2) is 18.6 Å². The van der Waals surface area contributed by atoms with E-state index < -0.39 is 17.7 Å². The fourth-order valence-corrected chi connectivity index (χ4v) is 5.50. The van der Waals surface area contributed by atoms with Crippen molar-refractivity contribution in [1.82, 2.24) is 14.9 Å². The summed E-state index contributed by atoms with van der Waals surface area (Å²) >= 11 is 1.69. The third-order valence-electron chi connectivity index (χ3n) is 6.78. The molecular formula is C34H32F2N4OS. The first-order valence-electron chi connectivity index (χ1n) is 14.0. The summed E-state index contributed by atoms with van der Waals surface area (Å²) in [5, 5.41) is 3.47. The number of urea groups is 1. The van der Waals surface area contributed by atoms with E-state index in [-0.39, 0.29) is 5.69 Å². The number of carbonyl (C=O) groups excluding carboxylic acids is 1. The number of nitrogens with one attached hydrogen (secondary N) is 2. The summed E-state index contributed by atoms with van der Waals surface area (Å²) in [7, 11) is 0. The van der Waals surface area contributed by atoms with Crippen molar-refractivity contribution in [2.75, 3.05) is 17.6 Å². The zero-order valence-electron chi connectivity index (χ0n) is 23.1. The molecule has 4 aromatic carbocycles. The van der Waals surface area contributed by atoms with Crippen molar-refractivity contribution in [2.45, 2.75) is 31.0 Å². The van der Waals surface area contributed by atoms with Gasteiger partial charge in [-0.3, -0.25) is 0 Å². The van der Waals surface area contributed by atoms with Crippen LogP contribution >= 0.6 is 11.8 Å². The standard InChI is InChI=1S/C34H32F2N4OS/c35-28-19-20-30(29(36)23-28)37-34(41)40(24-25-13-5-1-6-14-25)21-11-4-12-22-42-33-38-31(26-15-7-2-8-16-26)32(39-33)27-17-9-3-10-18-27/h1-3,5-10,13-20,23H,4,11-12,21-22,24H2,(H,37,41)(H,38,39). The molecule has 0 fully saturated rings. The van der Waals surface area contributed by atoms with Crippen LogP contribution in [0.25, 0.3) is 22.5 Å². The smallest absolute Gasteiger partial charge is 0.322 e. The largest absolute Gasteiger partial charge is 0.332 e. The molecule has 1 aromatic heterocycles. The predicted molar refractivity (Wildman–Crippen MR) is 166 cm³/mol. The third-order valence-corrected chi connectivity index (χ3v) is 7.74. The highest BCUT2D eigenvalue weighted by molar-refractivity contribution is 7.99. The number of rotatable bonds is 12. The Balaban J connectivity index is 1.17. The lowest BCUT2D eigenvalue weighted by Gasteiger charge is -2.23. The van der Waals surface area contributed by atoms with Crippen LogP contribution in [0.1, 0.15) is 24.8 Å². The number of aromatic amines is 1. The van der Waals surface area contributed by atoms with Crippen LogP contribution in [0.2, 0.25) is 0 Å². The molecule has 0 bridgehead atoms. The second-order valence-electron chi connectivity index (χ2n) is 9.87. The number of thioether (sulfide) groups is 1. The number of H-pyrrole nitrogens is 1. The second-order valence-corrected chi connectivity index (χ2v) is 11.0. The zero-order valence-corrected chi connectivity index (χ0v) is 23.9. The molecule has 42 heavy (non-hydrogen) atoms. The number of carbonyl (C=O) groups is 1. The highest BCUT2D eigenvalue weighted by Gasteiger charge is 2.17. The van der Waals surface area contributed by atoms with Crippen molar-refractivity contribution < 1.29 is 13.6 Å². The van der Waals surface area contributed by atoms with Crippen LogP contribution in [-0.2, 0) is 6.54 Å². The number of amides is 2. The number of nitrogens with zero attached hydrogens (tertiary/aromatic N) is 2. The Hall–Kier alpha value is -4.43. The summed E-state index contributed by atoms with van der Waals surface area (Å²) in [4.78, 5) is 23.2. The lowest BCUT2D eigenvalue weighted by Crippen LogP contribution is -2.35. The third kappa shape index (κ3) is 7.85. The van der Waals surface area contributed by atoms with Gasteiger partial charge >= 0.3 is 6.03 Å². The number of halogens is 2. The normalized spacial score (nSPS) is 10.9. The van der Waals surface area contributed by atoms with E-state index >= 15 is 0 Å². The second kappa shape index (κ2) is 14.5. The maximum absolute atomic E-state index is 14.2. The van der Waals surface area contributed by atoms with Crippen molar-refractivity contribution in [2.24, 2.45) is 0 Å². The summed E-state index contributed by atoms with van der Waals surface area (Å²) in [6.45, 7) is 0.895. The van der Waals surface area contributed by atoms with Crippen molar-refractivity contribution in [3.63, 3.8) is 0 Å². The van der Waals surface area contributed by atoms with E-state index in [1.165, 1.54) is 6.07 Å². The highest BCUT2D eigenvalue weighted by atomic mass is 32.2. The van der Waals surface area contributed by atoms with Gasteiger partial charge in [0.05, 0.1) is 17.1 Å². The maximum Gasteiger partial charge on any atom is 0.322 e. The van der Waals surface area contributed by atoms with Crippen LogP contribution in [0.3, 0.4) is 0 Å². The fraction of sp³-hybridized carbons (Fsp3) is 0.176. The SMILES string of the molecule is O=C(Nc1ccc(F)cc1F)N(CCCCCSc1nc(-c2ccccc2)c(-c2ccccc2)[nH]1)Cc1ccccc1. The van der Waals surface area contributed by atoms with Gasteiger partial charge in [0.2, 0.25) is 0 Å². The minimum Gasteiger partial charge on any atom is -0.332 e. The molecule has 0 aliphatic rings. The number of hydrogen-bond acceptors (Lipinski definition) is 3. The van der Waals surface area contributed by atoms with Gasteiger partial charge in [-0.05, 0) is 30.5 Å². The minimum atomic E-state index is -0.802. The Morgan fingerprint density at radius 1 is 0.810 bits per heavy atom. The minimum absolute atomic E-state index is 0.0425. The van der Waals surface area contributed by atoms with Gasteiger partial charge in [0.1, 0.15) is 11.6 Å². The van der Waals surface area contributed by atoms with Gasteiger partial charge in [0.15, 0.2) is 5.16 Å². The molecule has 5 aromatic rings. The molecular weight excluding hydrogens is 550 g/mol. The molecule has 0 spiro atoms. The first-order valence-corrected chi connectivity index (χ1v) is 14.9. The summed E-state index contributed by atoms with van der Waals surface area (Å²) in [6.07, 6.45) is 2.64. The lowest BCUT2D eigenvalue weighted by molar-refractivity contribution is 0.207. The topological polar surface area (TPSA) is 61.0 Å². The van der Waals surface area contributed by atoms with Gasteiger partial charge < -0.3 is 15.2 Å². The molecule has 0 aliphatic carbocycles. The van der Waals surface area contributed by atoms with Crippen molar-refractivity contribution >= 4 is 23.5 Å². The molecule has 0 saturated heterocycles. The highest BCUT2D eigenvalue weighted by Crippen LogP contribution is 2.32. The average Bonchev–Trinajstić information content (AvgIpc) is 3.45. The molecule has 214 valence electrons. The Bertz CT molecular complexity index is 1520. The fourth-order valence-electron chi connectivity index (χ4n) is 4.63. The van der Waals surface area contributed by atoms with E-state index in [1.807, 2.05) is 66.7 Å². The molecule has 0 aliphatic heterocycles. The molecule has 5 nitrogen and oxygen atoms in total. The molecule has 2 N–H and O–H groups in total. The molecule has 8 heteroatoms. The molecule has 1 heterocycles. The number of aromatic nitrogens is 2. The quantitative estimate of drug-likeness (QED) is 0.114. The van der Waals surface area contributed by atoms with E-state index in [0.29, 0.717) is 13.1 Å². The van der Waals surface area contributed by atoms with Gasteiger partial charge in [-0.15, -0.1) is 0 Å². The van der Waals surface area contributed by atoms with Crippen LogP contribution in [0.4, 0.5) is 19.3 Å². The van der Waals surface area contributed by atoms with Crippen LogP contribution in [-0.4, -0.2) is 33.2 Å². The van der Waals surface area contributed by atoms with Crippen molar-refractivity contribution in [3.05, 3.63) is 126 Å². The summed E-state index contributed by atoms with van der Waals surface area (Å²) in [6, 6.07) is 32.7. The van der Waals surface area contributed by atoms with E-state index in [9.17, 15) is 13.6 Å². The monoisotopic (exact) mass is 582 g/mol. The van der Waals surface area contributed by atoms with Gasteiger partial charge in [-0.2, -0.15) is 0 Å². The van der Waals surface area contributed by atoms with E-state index in [1.54, 1.807) is 16.7 Å². The van der Waals surface area contributed by atoms with Crippen LogP contribution < -0.4 is 5.32 Å². The first kappa shape index (κ1) is 29.1. The van der Waals surface area contributed by atoms with Crippen molar-refractivity contribution in [3.8, 4) is 22.5 Å². The molecule has 0 radical (unpaired) electrons. The number of benzene rings is 4. The Morgan fingerprint density at radius 3 is 2.17 bits per heavy atom. The lowest BCUT2D eigenvalue weighted by atomic mass is 10.1. The number of unbranched alkanes of at least 4 members (excludes halogenated alkanes) is 2. The molecule has 0 atom stereocenters. The van der Waals surface area contributed by atoms with E-state index in [2.05, 4.69) is 34.6 Å². The van der Waals surface area contributed by atoms with E-state index in [0.717, 1.165) is 70.4 Å². The Morgan fingerprint density at radius 2 is 1.48 bits per heavy atom. The van der Waals surface area contributed by atoms with Gasteiger partial charge in [0, 0.05) is 36.0 Å². The zero-order chi connectivity index (χ0) is 29.1. The van der Waals surface area contributed by atoms with Crippen LogP contribution in [0.5, 0.6) is 0 Å². The molecule has 2 amide bonds. The summed E-state index contributed by atoms with van der Waals surface area (Å²) in [5.41, 5.74) is 5.03. The summed E-state index contributed by atoms with van der Waals surface area (Å²) in [5.74, 6) is -0.614.